The number of hydrogen-bond acceptors (Lipinski definition) is 5. The number of aliphatic imine (C=N–C) groups is 1. The zero-order valence-corrected chi connectivity index (χ0v) is 17.1. The van der Waals surface area contributed by atoms with Crippen molar-refractivity contribution in [2.75, 3.05) is 12.0 Å². The fourth-order valence-corrected chi connectivity index (χ4v) is 4.24. The van der Waals surface area contributed by atoms with Crippen molar-refractivity contribution in [2.24, 2.45) is 4.99 Å². The molecule has 2 aromatic rings. The first-order valence-corrected chi connectivity index (χ1v) is 10.4. The van der Waals surface area contributed by atoms with Crippen LogP contribution in [0, 0.1) is 0 Å². The molecule has 26 heavy (non-hydrogen) atoms. The molecule has 1 atom stereocenters. The first kappa shape index (κ1) is 19.0. The third-order valence-corrected chi connectivity index (χ3v) is 6.26. The van der Waals surface area contributed by atoms with Crippen molar-refractivity contribution in [3.8, 4) is 5.75 Å². The van der Waals surface area contributed by atoms with Crippen molar-refractivity contribution in [3.63, 3.8) is 0 Å². The largest absolute Gasteiger partial charge is 0.495 e. The zero-order valence-electron chi connectivity index (χ0n) is 14.7. The molecule has 0 bridgehead atoms. The maximum atomic E-state index is 13.0. The van der Waals surface area contributed by atoms with Gasteiger partial charge in [0.25, 0.3) is 5.91 Å². The van der Waals surface area contributed by atoms with Crippen molar-refractivity contribution in [1.29, 1.82) is 0 Å². The number of rotatable bonds is 5. The molecular weight excluding hydrogens is 388 g/mol. The van der Waals surface area contributed by atoms with Gasteiger partial charge in [0.15, 0.2) is 5.17 Å². The number of nitrogens with zero attached hydrogens (tertiary/aromatic N) is 2. The van der Waals surface area contributed by atoms with Gasteiger partial charge in [-0.2, -0.15) is 0 Å². The number of methoxy groups -OCH3 is 1. The Labute approximate surface area is 166 Å². The number of ether oxygens (including phenoxy) is 1. The minimum atomic E-state index is -0.148. The Hall–Kier alpha value is -1.76. The number of thioether (sulfide) groups is 1. The van der Waals surface area contributed by atoms with Crippen molar-refractivity contribution < 1.29 is 9.53 Å². The second-order valence-electron chi connectivity index (χ2n) is 5.74. The van der Waals surface area contributed by atoms with Gasteiger partial charge in [0, 0.05) is 10.1 Å². The Morgan fingerprint density at radius 3 is 2.85 bits per heavy atom. The number of hydrogen-bond donors (Lipinski definition) is 0. The van der Waals surface area contributed by atoms with Gasteiger partial charge in [-0.15, -0.1) is 11.3 Å². The Kier molecular flexibility index (Phi) is 6.06. The number of amidine groups is 1. The van der Waals surface area contributed by atoms with Crippen LogP contribution >= 0.6 is 34.7 Å². The normalized spacial score (nSPS) is 16.9. The Balaban J connectivity index is 2.00. The lowest BCUT2D eigenvalue weighted by molar-refractivity contribution is -0.113. The highest BCUT2D eigenvalue weighted by Crippen LogP contribution is 2.35. The van der Waals surface area contributed by atoms with Crippen molar-refractivity contribution in [1.82, 2.24) is 0 Å². The molecule has 0 radical (unpaired) electrons. The Morgan fingerprint density at radius 1 is 1.42 bits per heavy atom. The smallest absolute Gasteiger partial charge is 0.283 e. The van der Waals surface area contributed by atoms with E-state index in [0.717, 1.165) is 11.3 Å². The van der Waals surface area contributed by atoms with Crippen molar-refractivity contribution in [3.05, 3.63) is 51.3 Å². The second-order valence-corrected chi connectivity index (χ2v) is 8.53. The van der Waals surface area contributed by atoms with Crippen molar-refractivity contribution >= 4 is 57.5 Å². The molecule has 0 spiro atoms. The van der Waals surface area contributed by atoms with E-state index < -0.39 is 0 Å². The molecular formula is C19H19ClN2O2S2. The molecule has 0 N–H and O–H groups in total. The summed E-state index contributed by atoms with van der Waals surface area (Å²) in [6.45, 7) is 4.24. The summed E-state index contributed by atoms with van der Waals surface area (Å²) >= 11 is 9.43. The van der Waals surface area contributed by atoms with E-state index in [9.17, 15) is 4.79 Å². The average Bonchev–Trinajstić information content (AvgIpc) is 3.24. The predicted molar refractivity (Wildman–Crippen MR) is 113 cm³/mol. The molecule has 1 aromatic carbocycles. The van der Waals surface area contributed by atoms with Crippen LogP contribution in [0.15, 0.2) is 46.4 Å². The van der Waals surface area contributed by atoms with E-state index in [1.165, 1.54) is 0 Å². The number of carbonyl (C=O) groups is 1. The van der Waals surface area contributed by atoms with Crippen LogP contribution in [0.25, 0.3) is 6.08 Å². The van der Waals surface area contributed by atoms with Gasteiger partial charge in [-0.3, -0.25) is 9.69 Å². The van der Waals surface area contributed by atoms with E-state index in [-0.39, 0.29) is 5.91 Å². The van der Waals surface area contributed by atoms with Crippen LogP contribution < -0.4 is 9.64 Å². The fourth-order valence-electron chi connectivity index (χ4n) is 2.37. The number of amides is 1. The van der Waals surface area contributed by atoms with Crippen LogP contribution in [0.1, 0.15) is 25.1 Å². The molecule has 1 amide bonds. The molecule has 7 heteroatoms. The first-order chi connectivity index (χ1) is 12.5. The number of carbonyl (C=O) groups excluding carboxylic acids is 1. The van der Waals surface area contributed by atoms with Crippen LogP contribution in [-0.2, 0) is 4.79 Å². The van der Waals surface area contributed by atoms with Gasteiger partial charge < -0.3 is 4.74 Å². The van der Waals surface area contributed by atoms with Crippen LogP contribution in [0.3, 0.4) is 0 Å². The second kappa shape index (κ2) is 8.29. The highest BCUT2D eigenvalue weighted by atomic mass is 35.5. The third-order valence-electron chi connectivity index (χ3n) is 3.93. The molecule has 0 saturated carbocycles. The average molecular weight is 407 g/mol. The Morgan fingerprint density at radius 2 is 2.23 bits per heavy atom. The summed E-state index contributed by atoms with van der Waals surface area (Å²) in [7, 11) is 1.56. The summed E-state index contributed by atoms with van der Waals surface area (Å²) in [6, 6.07) is 9.24. The van der Waals surface area contributed by atoms with E-state index in [1.54, 1.807) is 47.2 Å². The first-order valence-electron chi connectivity index (χ1n) is 8.22. The fraction of sp³-hybridized carbons (Fsp3) is 0.263. The monoisotopic (exact) mass is 406 g/mol. The topological polar surface area (TPSA) is 41.9 Å². The molecule has 0 saturated heterocycles. The molecule has 1 aromatic heterocycles. The third kappa shape index (κ3) is 3.98. The predicted octanol–water partition coefficient (Wildman–Crippen LogP) is 5.69. The summed E-state index contributed by atoms with van der Waals surface area (Å²) < 4.78 is 5.21. The van der Waals surface area contributed by atoms with Gasteiger partial charge >= 0.3 is 0 Å². The molecule has 1 aliphatic rings. The number of thiophene rings is 1. The molecule has 0 aliphatic carbocycles. The van der Waals surface area contributed by atoms with Crippen LogP contribution in [-0.4, -0.2) is 23.4 Å². The zero-order chi connectivity index (χ0) is 18.7. The summed E-state index contributed by atoms with van der Waals surface area (Å²) in [5.41, 5.74) is 1.12. The lowest BCUT2D eigenvalue weighted by Gasteiger charge is -2.20. The lowest BCUT2D eigenvalue weighted by Crippen LogP contribution is -2.31. The van der Waals surface area contributed by atoms with Gasteiger partial charge in [-0.25, -0.2) is 4.99 Å². The number of benzene rings is 1. The van der Waals surface area contributed by atoms with E-state index in [1.807, 2.05) is 29.7 Å². The quantitative estimate of drug-likeness (QED) is 0.599. The molecule has 3 rings (SSSR count). The minimum absolute atomic E-state index is 0.148. The van der Waals surface area contributed by atoms with E-state index >= 15 is 0 Å². The highest BCUT2D eigenvalue weighted by Gasteiger charge is 2.33. The van der Waals surface area contributed by atoms with E-state index in [0.29, 0.717) is 32.6 Å². The van der Waals surface area contributed by atoms with Gasteiger partial charge in [0.05, 0.1) is 17.8 Å². The molecule has 2 heterocycles. The highest BCUT2D eigenvalue weighted by molar-refractivity contribution is 8.14. The SMILES string of the molecule is CCC(C)SC1=N/C(=C/c2cccs2)C(=O)N1c1ccc(OC)c(Cl)c1. The van der Waals surface area contributed by atoms with Crippen LogP contribution in [0.4, 0.5) is 5.69 Å². The number of anilines is 1. The van der Waals surface area contributed by atoms with Crippen molar-refractivity contribution in [2.45, 2.75) is 25.5 Å². The Bertz CT molecular complexity index is 862. The van der Waals surface area contributed by atoms with E-state index in [2.05, 4.69) is 18.8 Å². The van der Waals surface area contributed by atoms with Gasteiger partial charge in [-0.05, 0) is 42.1 Å². The minimum Gasteiger partial charge on any atom is -0.495 e. The summed E-state index contributed by atoms with van der Waals surface area (Å²) in [5, 5.41) is 3.46. The maximum Gasteiger partial charge on any atom is 0.283 e. The summed E-state index contributed by atoms with van der Waals surface area (Å²) in [5.74, 6) is 0.426. The molecule has 1 aliphatic heterocycles. The van der Waals surface area contributed by atoms with Crippen LogP contribution in [0.2, 0.25) is 5.02 Å². The summed E-state index contributed by atoms with van der Waals surface area (Å²) in [4.78, 5) is 20.3. The van der Waals surface area contributed by atoms with Gasteiger partial charge in [0.2, 0.25) is 0 Å². The van der Waals surface area contributed by atoms with E-state index in [4.69, 9.17) is 16.3 Å². The van der Waals surface area contributed by atoms with Gasteiger partial charge in [-0.1, -0.05) is 43.3 Å². The lowest BCUT2D eigenvalue weighted by atomic mass is 10.2. The molecule has 0 fully saturated rings. The maximum absolute atomic E-state index is 13.0. The summed E-state index contributed by atoms with van der Waals surface area (Å²) in [6.07, 6.45) is 2.81. The van der Waals surface area contributed by atoms with Crippen LogP contribution in [0.5, 0.6) is 5.75 Å². The molecule has 4 nitrogen and oxygen atoms in total. The number of halogens is 1. The standard InChI is InChI=1S/C19H19ClN2O2S2/c1-4-12(2)26-19-21-16(11-14-6-5-9-25-14)18(23)22(19)13-7-8-17(24-3)15(20)10-13/h5-12H,4H2,1-3H3/b16-11+. The van der Waals surface area contributed by atoms with Gasteiger partial charge in [0.1, 0.15) is 11.4 Å². The molecule has 136 valence electrons. The molecule has 1 unspecified atom stereocenters.